The van der Waals surface area contributed by atoms with Crippen molar-refractivity contribution < 1.29 is 0 Å². The van der Waals surface area contributed by atoms with Crippen LogP contribution in [0.5, 0.6) is 0 Å². The fourth-order valence-electron chi connectivity index (χ4n) is 1.89. The van der Waals surface area contributed by atoms with Crippen LogP contribution in [0.25, 0.3) is 0 Å². The molecule has 0 amide bonds. The van der Waals surface area contributed by atoms with Gasteiger partial charge in [-0.15, -0.1) is 12.6 Å². The van der Waals surface area contributed by atoms with Crippen LogP contribution in [0, 0.1) is 0 Å². The van der Waals surface area contributed by atoms with E-state index in [2.05, 4.69) is 46.7 Å². The summed E-state index contributed by atoms with van der Waals surface area (Å²) < 4.78 is 1.66. The molecule has 1 aliphatic rings. The quantitative estimate of drug-likeness (QED) is 0.656. The minimum atomic E-state index is 0.683. The Labute approximate surface area is 134 Å². The number of thioether (sulfide) groups is 1. The van der Waals surface area contributed by atoms with Crippen molar-refractivity contribution in [1.29, 1.82) is 0 Å². The van der Waals surface area contributed by atoms with Gasteiger partial charge in [-0.05, 0) is 5.56 Å². The molecule has 1 fully saturated rings. The molecule has 1 aliphatic heterocycles. The number of nitrogens with zero attached hydrogens (tertiary/aromatic N) is 2. The summed E-state index contributed by atoms with van der Waals surface area (Å²) in [5.41, 5.74) is 1.31. The molecule has 0 aromatic heterocycles. The number of thiol groups is 1. The Balaban J connectivity index is 1.77. The summed E-state index contributed by atoms with van der Waals surface area (Å²) in [6.07, 6.45) is 0. The molecule has 1 saturated heterocycles. The molecule has 1 aromatic rings. The average Bonchev–Trinajstić information content (AvgIpc) is 2.46. The third-order valence-corrected chi connectivity index (χ3v) is 5.15. The monoisotopic (exact) mass is 328 g/mol. The molecule has 1 heterocycles. The van der Waals surface area contributed by atoms with Crippen molar-refractivity contribution >= 4 is 57.5 Å². The van der Waals surface area contributed by atoms with Gasteiger partial charge in [0, 0.05) is 31.9 Å². The topological polar surface area (TPSA) is 6.48 Å². The number of hydrogen-bond donors (Lipinski definition) is 1. The summed E-state index contributed by atoms with van der Waals surface area (Å²) in [6, 6.07) is 10.4. The van der Waals surface area contributed by atoms with E-state index in [1.165, 1.54) is 5.56 Å². The largest absolute Gasteiger partial charge is 0.354 e. The van der Waals surface area contributed by atoms with Gasteiger partial charge in [0.25, 0.3) is 0 Å². The smallest absolute Gasteiger partial charge is 0.136 e. The standard InChI is InChI=1S/C13H16N2S4/c16-12(17)14-6-8-15(9-7-14)13(18)19-10-11-4-2-1-3-5-11/h1-5H,6-10H2,(H,16,17). The molecule has 0 saturated carbocycles. The predicted octanol–water partition coefficient (Wildman–Crippen LogP) is 3.04. The van der Waals surface area contributed by atoms with E-state index in [9.17, 15) is 0 Å². The molecule has 2 rings (SSSR count). The highest BCUT2D eigenvalue weighted by molar-refractivity contribution is 8.22. The highest BCUT2D eigenvalue weighted by Crippen LogP contribution is 2.18. The summed E-state index contributed by atoms with van der Waals surface area (Å²) in [4.78, 5) is 4.37. The second-order valence-corrected chi connectivity index (χ2v) is 7.02. The van der Waals surface area contributed by atoms with Gasteiger partial charge in [-0.25, -0.2) is 0 Å². The van der Waals surface area contributed by atoms with Gasteiger partial charge in [-0.3, -0.25) is 0 Å². The van der Waals surface area contributed by atoms with E-state index in [1.807, 2.05) is 6.07 Å². The van der Waals surface area contributed by atoms with E-state index in [1.54, 1.807) is 11.8 Å². The molecule has 0 N–H and O–H groups in total. The normalized spacial score (nSPS) is 15.4. The molecular formula is C13H16N2S4. The van der Waals surface area contributed by atoms with Crippen molar-refractivity contribution in [2.45, 2.75) is 5.75 Å². The predicted molar refractivity (Wildman–Crippen MR) is 95.1 cm³/mol. The third-order valence-electron chi connectivity index (χ3n) is 3.01. The number of rotatable bonds is 2. The molecule has 0 radical (unpaired) electrons. The summed E-state index contributed by atoms with van der Waals surface area (Å²) in [5, 5.41) is 0. The lowest BCUT2D eigenvalue weighted by molar-refractivity contribution is 0.271. The highest BCUT2D eigenvalue weighted by Gasteiger charge is 2.19. The Morgan fingerprint density at radius 2 is 1.63 bits per heavy atom. The van der Waals surface area contributed by atoms with E-state index in [0.717, 1.165) is 36.3 Å². The second kappa shape index (κ2) is 7.47. The maximum absolute atomic E-state index is 5.50. The van der Waals surface area contributed by atoms with Crippen LogP contribution in [0.3, 0.4) is 0 Å². The molecular weight excluding hydrogens is 312 g/mol. The Kier molecular flexibility index (Phi) is 5.94. The molecule has 102 valence electrons. The van der Waals surface area contributed by atoms with Crippen LogP contribution >= 0.6 is 48.8 Å². The second-order valence-electron chi connectivity index (χ2n) is 4.30. The number of benzene rings is 1. The first kappa shape index (κ1) is 15.1. The minimum absolute atomic E-state index is 0.683. The van der Waals surface area contributed by atoms with Crippen LogP contribution in [0.1, 0.15) is 5.56 Å². The Morgan fingerprint density at radius 1 is 1.05 bits per heavy atom. The van der Waals surface area contributed by atoms with Crippen LogP contribution in [0.2, 0.25) is 0 Å². The van der Waals surface area contributed by atoms with E-state index in [4.69, 9.17) is 24.4 Å². The third kappa shape index (κ3) is 4.63. The van der Waals surface area contributed by atoms with Crippen LogP contribution in [0.15, 0.2) is 30.3 Å². The van der Waals surface area contributed by atoms with Crippen LogP contribution in [-0.4, -0.2) is 44.6 Å². The lowest BCUT2D eigenvalue weighted by Crippen LogP contribution is -2.48. The van der Waals surface area contributed by atoms with Gasteiger partial charge >= 0.3 is 0 Å². The molecule has 2 nitrogen and oxygen atoms in total. The van der Waals surface area contributed by atoms with Crippen LogP contribution in [0.4, 0.5) is 0 Å². The lowest BCUT2D eigenvalue weighted by Gasteiger charge is -2.36. The zero-order chi connectivity index (χ0) is 13.7. The Bertz CT molecular complexity index is 441. The van der Waals surface area contributed by atoms with Crippen molar-refractivity contribution in [3.63, 3.8) is 0 Å². The molecule has 0 unspecified atom stereocenters. The van der Waals surface area contributed by atoms with E-state index in [-0.39, 0.29) is 0 Å². The van der Waals surface area contributed by atoms with Crippen molar-refractivity contribution in [3.05, 3.63) is 35.9 Å². The van der Waals surface area contributed by atoms with Gasteiger partial charge in [0.15, 0.2) is 0 Å². The highest BCUT2D eigenvalue weighted by atomic mass is 32.2. The Morgan fingerprint density at radius 3 is 2.21 bits per heavy atom. The van der Waals surface area contributed by atoms with Gasteiger partial charge in [-0.2, -0.15) is 0 Å². The fraction of sp³-hybridized carbons (Fsp3) is 0.385. The Hall–Kier alpha value is -0.300. The molecule has 0 atom stereocenters. The van der Waals surface area contributed by atoms with Crippen LogP contribution < -0.4 is 0 Å². The summed E-state index contributed by atoms with van der Waals surface area (Å²) in [7, 11) is 0. The zero-order valence-corrected chi connectivity index (χ0v) is 13.8. The maximum Gasteiger partial charge on any atom is 0.136 e. The van der Waals surface area contributed by atoms with Gasteiger partial charge in [0.05, 0.1) is 0 Å². The summed E-state index contributed by atoms with van der Waals surface area (Å²) in [5.74, 6) is 0.935. The van der Waals surface area contributed by atoms with Crippen molar-refractivity contribution in [2.24, 2.45) is 0 Å². The molecule has 6 heteroatoms. The van der Waals surface area contributed by atoms with E-state index in [0.29, 0.717) is 4.32 Å². The molecule has 1 aromatic carbocycles. The maximum atomic E-state index is 5.50. The number of hydrogen-bond acceptors (Lipinski definition) is 3. The molecule has 0 spiro atoms. The van der Waals surface area contributed by atoms with Gasteiger partial charge < -0.3 is 9.80 Å². The van der Waals surface area contributed by atoms with Gasteiger partial charge in [0.1, 0.15) is 8.64 Å². The van der Waals surface area contributed by atoms with Gasteiger partial charge in [-0.1, -0.05) is 66.5 Å². The number of thiocarbonyl (C=S) groups is 2. The first-order chi connectivity index (χ1) is 9.16. The molecule has 0 aliphatic carbocycles. The van der Waals surface area contributed by atoms with Crippen LogP contribution in [-0.2, 0) is 5.75 Å². The van der Waals surface area contributed by atoms with E-state index < -0.39 is 0 Å². The summed E-state index contributed by atoms with van der Waals surface area (Å²) in [6.45, 7) is 3.69. The van der Waals surface area contributed by atoms with Crippen molar-refractivity contribution in [1.82, 2.24) is 9.80 Å². The minimum Gasteiger partial charge on any atom is -0.354 e. The zero-order valence-electron chi connectivity index (χ0n) is 10.5. The SMILES string of the molecule is S=C(S)N1CCN(C(=S)SCc2ccccc2)CC1. The average molecular weight is 329 g/mol. The molecule has 19 heavy (non-hydrogen) atoms. The van der Waals surface area contributed by atoms with Gasteiger partial charge in [0.2, 0.25) is 0 Å². The first-order valence-electron chi connectivity index (χ1n) is 6.10. The molecule has 0 bridgehead atoms. The first-order valence-corrected chi connectivity index (χ1v) is 8.35. The fourth-order valence-corrected chi connectivity index (χ4v) is 3.48. The van der Waals surface area contributed by atoms with Crippen molar-refractivity contribution in [3.8, 4) is 0 Å². The summed E-state index contributed by atoms with van der Waals surface area (Å²) >= 11 is 16.5. The van der Waals surface area contributed by atoms with Crippen molar-refractivity contribution in [2.75, 3.05) is 26.2 Å². The van der Waals surface area contributed by atoms with E-state index >= 15 is 0 Å². The lowest BCUT2D eigenvalue weighted by atomic mass is 10.2. The number of piperazine rings is 1.